The first-order valence-corrected chi connectivity index (χ1v) is 6.15. The number of fused-ring (bicyclic) bond motifs is 1. The molecule has 2 heterocycles. The fourth-order valence-electron chi connectivity index (χ4n) is 1.99. The van der Waals surface area contributed by atoms with E-state index in [0.717, 1.165) is 36.2 Å². The summed E-state index contributed by atoms with van der Waals surface area (Å²) in [5.74, 6) is -0.0539. The van der Waals surface area contributed by atoms with Crippen molar-refractivity contribution in [1.29, 1.82) is 0 Å². The van der Waals surface area contributed by atoms with Gasteiger partial charge in [0.1, 0.15) is 17.9 Å². The average Bonchev–Trinajstić information content (AvgIpc) is 2.63. The molecule has 0 radical (unpaired) electrons. The van der Waals surface area contributed by atoms with Crippen molar-refractivity contribution in [3.63, 3.8) is 0 Å². The summed E-state index contributed by atoms with van der Waals surface area (Å²) in [5.41, 5.74) is 2.47. The standard InChI is InChI=1S/C13H17N3O2/c1-3-4-5-11-15-10-6-9(2)7-14-13(10)16(11)8-12(17)18/h6-7H,3-5,8H2,1-2H3,(H,17,18). The maximum Gasteiger partial charge on any atom is 0.323 e. The summed E-state index contributed by atoms with van der Waals surface area (Å²) in [4.78, 5) is 19.7. The van der Waals surface area contributed by atoms with Crippen molar-refractivity contribution in [2.75, 3.05) is 0 Å². The molecule has 0 fully saturated rings. The van der Waals surface area contributed by atoms with Gasteiger partial charge in [0.15, 0.2) is 5.65 Å². The Balaban J connectivity index is 2.49. The molecule has 0 unspecified atom stereocenters. The lowest BCUT2D eigenvalue weighted by Crippen LogP contribution is -2.12. The van der Waals surface area contributed by atoms with Gasteiger partial charge in [0.05, 0.1) is 0 Å². The van der Waals surface area contributed by atoms with Crippen LogP contribution >= 0.6 is 0 Å². The number of carbonyl (C=O) groups is 1. The smallest absolute Gasteiger partial charge is 0.323 e. The third kappa shape index (κ3) is 2.50. The van der Waals surface area contributed by atoms with Gasteiger partial charge in [-0.2, -0.15) is 0 Å². The SMILES string of the molecule is CCCCc1nc2cc(C)cnc2n1CC(=O)O. The molecule has 0 aliphatic heterocycles. The Hall–Kier alpha value is -1.91. The van der Waals surface area contributed by atoms with Crippen LogP contribution in [0, 0.1) is 6.92 Å². The van der Waals surface area contributed by atoms with Gasteiger partial charge in [0.2, 0.25) is 0 Å². The molecule has 0 saturated carbocycles. The molecule has 0 aliphatic carbocycles. The Morgan fingerprint density at radius 2 is 2.28 bits per heavy atom. The van der Waals surface area contributed by atoms with E-state index < -0.39 is 5.97 Å². The van der Waals surface area contributed by atoms with Gasteiger partial charge in [0, 0.05) is 12.6 Å². The third-order valence-corrected chi connectivity index (χ3v) is 2.85. The number of rotatable bonds is 5. The summed E-state index contributed by atoms with van der Waals surface area (Å²) in [7, 11) is 0. The number of imidazole rings is 1. The minimum Gasteiger partial charge on any atom is -0.480 e. The summed E-state index contributed by atoms with van der Waals surface area (Å²) < 4.78 is 1.70. The largest absolute Gasteiger partial charge is 0.480 e. The van der Waals surface area contributed by atoms with Crippen LogP contribution < -0.4 is 0 Å². The van der Waals surface area contributed by atoms with Crippen LogP contribution in [0.15, 0.2) is 12.3 Å². The quantitative estimate of drug-likeness (QED) is 0.879. The minimum atomic E-state index is -0.866. The number of pyridine rings is 1. The van der Waals surface area contributed by atoms with E-state index in [-0.39, 0.29) is 6.54 Å². The first-order valence-electron chi connectivity index (χ1n) is 6.15. The second-order valence-electron chi connectivity index (χ2n) is 4.47. The highest BCUT2D eigenvalue weighted by Gasteiger charge is 2.13. The van der Waals surface area contributed by atoms with Gasteiger partial charge >= 0.3 is 5.97 Å². The van der Waals surface area contributed by atoms with Crippen LogP contribution in [0.4, 0.5) is 0 Å². The van der Waals surface area contributed by atoms with Crippen LogP contribution in [0.2, 0.25) is 0 Å². The van der Waals surface area contributed by atoms with Crippen molar-refractivity contribution in [2.45, 2.75) is 39.7 Å². The van der Waals surface area contributed by atoms with Crippen LogP contribution in [0.25, 0.3) is 11.2 Å². The number of aromatic nitrogens is 3. The summed E-state index contributed by atoms with van der Waals surface area (Å²) in [6.45, 7) is 3.98. The maximum absolute atomic E-state index is 10.9. The highest BCUT2D eigenvalue weighted by atomic mass is 16.4. The summed E-state index contributed by atoms with van der Waals surface area (Å²) in [6, 6.07) is 1.94. The van der Waals surface area contributed by atoms with E-state index in [0.29, 0.717) is 5.65 Å². The van der Waals surface area contributed by atoms with Gasteiger partial charge in [-0.15, -0.1) is 0 Å². The summed E-state index contributed by atoms with van der Waals surface area (Å²) in [5, 5.41) is 8.97. The molecule has 5 heteroatoms. The Morgan fingerprint density at radius 1 is 1.50 bits per heavy atom. The molecule has 0 aromatic carbocycles. The van der Waals surface area contributed by atoms with Crippen molar-refractivity contribution in [2.24, 2.45) is 0 Å². The van der Waals surface area contributed by atoms with Gasteiger partial charge in [-0.3, -0.25) is 4.79 Å². The molecule has 96 valence electrons. The average molecular weight is 247 g/mol. The molecule has 2 aromatic rings. The first-order chi connectivity index (χ1) is 8.61. The Labute approximate surface area is 105 Å². The fraction of sp³-hybridized carbons (Fsp3) is 0.462. The molecule has 2 aromatic heterocycles. The summed E-state index contributed by atoms with van der Waals surface area (Å²) in [6.07, 6.45) is 4.59. The van der Waals surface area contributed by atoms with Crippen LogP contribution in [-0.2, 0) is 17.8 Å². The lowest BCUT2D eigenvalue weighted by atomic mass is 10.2. The van der Waals surface area contributed by atoms with Crippen LogP contribution in [-0.4, -0.2) is 25.6 Å². The number of unbranched alkanes of at least 4 members (excludes halogenated alkanes) is 1. The molecular formula is C13H17N3O2. The highest BCUT2D eigenvalue weighted by Crippen LogP contribution is 2.16. The molecule has 0 atom stereocenters. The van der Waals surface area contributed by atoms with Crippen molar-refractivity contribution in [3.05, 3.63) is 23.7 Å². The third-order valence-electron chi connectivity index (χ3n) is 2.85. The Bertz CT molecular complexity index is 575. The number of aryl methyl sites for hydroxylation is 2. The van der Waals surface area contributed by atoms with Gasteiger partial charge in [-0.25, -0.2) is 9.97 Å². The molecule has 1 N–H and O–H groups in total. The van der Waals surface area contributed by atoms with Gasteiger partial charge in [0.25, 0.3) is 0 Å². The monoisotopic (exact) mass is 247 g/mol. The lowest BCUT2D eigenvalue weighted by molar-refractivity contribution is -0.137. The number of nitrogens with zero attached hydrogens (tertiary/aromatic N) is 3. The first kappa shape index (κ1) is 12.5. The zero-order valence-electron chi connectivity index (χ0n) is 10.7. The topological polar surface area (TPSA) is 68.0 Å². The molecule has 5 nitrogen and oxygen atoms in total. The molecule has 0 saturated heterocycles. The maximum atomic E-state index is 10.9. The lowest BCUT2D eigenvalue weighted by Gasteiger charge is -2.04. The highest BCUT2D eigenvalue weighted by molar-refractivity contribution is 5.75. The van der Waals surface area contributed by atoms with E-state index in [4.69, 9.17) is 5.11 Å². The predicted molar refractivity (Wildman–Crippen MR) is 68.5 cm³/mol. The molecule has 0 aliphatic rings. The second-order valence-corrected chi connectivity index (χ2v) is 4.47. The number of hydrogen-bond donors (Lipinski definition) is 1. The second kappa shape index (κ2) is 5.16. The van der Waals surface area contributed by atoms with E-state index in [2.05, 4.69) is 16.9 Å². The normalized spacial score (nSPS) is 11.0. The van der Waals surface area contributed by atoms with Crippen molar-refractivity contribution in [3.8, 4) is 0 Å². The number of hydrogen-bond acceptors (Lipinski definition) is 3. The van der Waals surface area contributed by atoms with Crippen LogP contribution in [0.1, 0.15) is 31.2 Å². The van der Waals surface area contributed by atoms with Crippen molar-refractivity contribution >= 4 is 17.1 Å². The molecule has 2 rings (SSSR count). The molecule has 18 heavy (non-hydrogen) atoms. The van der Waals surface area contributed by atoms with Gasteiger partial charge < -0.3 is 9.67 Å². The predicted octanol–water partition coefficient (Wildman–Crippen LogP) is 2.17. The number of carboxylic acids is 1. The van der Waals surface area contributed by atoms with E-state index in [1.54, 1.807) is 10.8 Å². The van der Waals surface area contributed by atoms with Crippen LogP contribution in [0.5, 0.6) is 0 Å². The fourth-order valence-corrected chi connectivity index (χ4v) is 1.99. The van der Waals surface area contributed by atoms with E-state index in [1.165, 1.54) is 0 Å². The van der Waals surface area contributed by atoms with E-state index in [1.807, 2.05) is 13.0 Å². The zero-order valence-corrected chi connectivity index (χ0v) is 10.7. The molecular weight excluding hydrogens is 230 g/mol. The molecule has 0 amide bonds. The Kier molecular flexibility index (Phi) is 3.60. The van der Waals surface area contributed by atoms with E-state index in [9.17, 15) is 4.79 Å². The minimum absolute atomic E-state index is 0.0778. The van der Waals surface area contributed by atoms with Gasteiger partial charge in [-0.05, 0) is 25.0 Å². The Morgan fingerprint density at radius 3 is 2.94 bits per heavy atom. The molecule has 0 spiro atoms. The summed E-state index contributed by atoms with van der Waals surface area (Å²) >= 11 is 0. The van der Waals surface area contributed by atoms with Crippen molar-refractivity contribution in [1.82, 2.24) is 14.5 Å². The van der Waals surface area contributed by atoms with Gasteiger partial charge in [-0.1, -0.05) is 13.3 Å². The number of carboxylic acid groups (broad SMARTS) is 1. The molecule has 0 bridgehead atoms. The zero-order chi connectivity index (χ0) is 13.1. The van der Waals surface area contributed by atoms with Crippen LogP contribution in [0.3, 0.4) is 0 Å². The number of aliphatic carboxylic acids is 1. The van der Waals surface area contributed by atoms with E-state index >= 15 is 0 Å². The van der Waals surface area contributed by atoms with Crippen molar-refractivity contribution < 1.29 is 9.90 Å².